The van der Waals surface area contributed by atoms with Gasteiger partial charge in [0.2, 0.25) is 0 Å². The first-order valence-electron chi connectivity index (χ1n) is 2.23. The summed E-state index contributed by atoms with van der Waals surface area (Å²) in [6.07, 6.45) is 2.46. The van der Waals surface area contributed by atoms with E-state index in [-0.39, 0.29) is 12.4 Å². The topological polar surface area (TPSA) is 26.9 Å². The van der Waals surface area contributed by atoms with Crippen molar-refractivity contribution in [2.75, 3.05) is 0 Å². The molecule has 0 radical (unpaired) electrons. The molecular weight excluding hydrogens is 196 g/mol. The Hall–Kier alpha value is -0.180. The van der Waals surface area contributed by atoms with Crippen molar-refractivity contribution in [2.45, 2.75) is 0 Å². The Labute approximate surface area is 74.4 Å². The first-order chi connectivity index (χ1) is 4.18. The fourth-order valence-corrected chi connectivity index (χ4v) is 0.970. The van der Waals surface area contributed by atoms with E-state index < -0.39 is 0 Å². The maximum Gasteiger partial charge on any atom is 0.199 e. The molecule has 0 spiro atoms. The summed E-state index contributed by atoms with van der Waals surface area (Å²) in [5, 5.41) is 11.1. The summed E-state index contributed by atoms with van der Waals surface area (Å²) in [5.41, 5.74) is 0. The van der Waals surface area contributed by atoms with Gasteiger partial charge in [-0.1, -0.05) is 23.2 Å². The Morgan fingerprint density at radius 2 is 1.60 bits per heavy atom. The highest BCUT2D eigenvalue weighted by Crippen LogP contribution is 2.10. The third-order valence-corrected chi connectivity index (χ3v) is 1.19. The first kappa shape index (κ1) is 9.82. The molecule has 1 heterocycles. The third kappa shape index (κ3) is 2.60. The summed E-state index contributed by atoms with van der Waals surface area (Å²) >= 11 is 10.9. The molecule has 0 aliphatic rings. The van der Waals surface area contributed by atoms with Crippen LogP contribution in [0.15, 0.2) is 18.5 Å². The second-order valence-corrected chi connectivity index (χ2v) is 2.41. The largest absolute Gasteiger partial charge is 0.619 e. The Balaban J connectivity index is 0.000000810. The van der Waals surface area contributed by atoms with Crippen molar-refractivity contribution in [2.24, 2.45) is 0 Å². The van der Waals surface area contributed by atoms with Crippen LogP contribution in [0.1, 0.15) is 0 Å². The molecule has 0 unspecified atom stereocenters. The number of aromatic nitrogens is 1. The maximum absolute atomic E-state index is 10.5. The smallest absolute Gasteiger partial charge is 0.199 e. The van der Waals surface area contributed by atoms with Crippen molar-refractivity contribution in [1.82, 2.24) is 0 Å². The van der Waals surface area contributed by atoms with Crippen molar-refractivity contribution >= 4 is 35.6 Å². The highest BCUT2D eigenvalue weighted by Gasteiger charge is 1.96. The molecule has 10 heavy (non-hydrogen) atoms. The molecule has 1 aromatic rings. The van der Waals surface area contributed by atoms with Gasteiger partial charge in [-0.3, -0.25) is 0 Å². The molecular formula is C5H4Cl3NO. The third-order valence-electron chi connectivity index (χ3n) is 0.777. The van der Waals surface area contributed by atoms with E-state index in [4.69, 9.17) is 23.2 Å². The van der Waals surface area contributed by atoms with Crippen LogP contribution in [0.2, 0.25) is 10.0 Å². The minimum absolute atomic E-state index is 0. The van der Waals surface area contributed by atoms with Crippen molar-refractivity contribution in [3.8, 4) is 0 Å². The van der Waals surface area contributed by atoms with Crippen LogP contribution < -0.4 is 4.73 Å². The van der Waals surface area contributed by atoms with Gasteiger partial charge >= 0.3 is 0 Å². The minimum Gasteiger partial charge on any atom is -0.619 e. The van der Waals surface area contributed by atoms with Gasteiger partial charge in [-0.05, 0) is 6.07 Å². The van der Waals surface area contributed by atoms with Crippen molar-refractivity contribution in [3.63, 3.8) is 0 Å². The number of nitrogens with zero attached hydrogens (tertiary/aromatic N) is 1. The molecule has 0 saturated carbocycles. The van der Waals surface area contributed by atoms with Crippen LogP contribution in [-0.4, -0.2) is 0 Å². The molecule has 1 rings (SSSR count). The van der Waals surface area contributed by atoms with E-state index in [2.05, 4.69) is 0 Å². The molecule has 0 saturated heterocycles. The van der Waals surface area contributed by atoms with Crippen LogP contribution in [0.25, 0.3) is 0 Å². The van der Waals surface area contributed by atoms with Gasteiger partial charge in [0, 0.05) is 0 Å². The summed E-state index contributed by atoms with van der Waals surface area (Å²) in [7, 11) is 0. The zero-order valence-corrected chi connectivity index (χ0v) is 7.08. The lowest BCUT2D eigenvalue weighted by Gasteiger charge is -1.94. The molecule has 5 heteroatoms. The average Bonchev–Trinajstić information content (AvgIpc) is 1.59. The highest BCUT2D eigenvalue weighted by molar-refractivity contribution is 6.34. The standard InChI is InChI=1S/C5H3Cl2NO.ClH/c6-4-1-5(7)3-8(9)2-4;/h1-3H;1H. The van der Waals surface area contributed by atoms with Crippen molar-refractivity contribution in [1.29, 1.82) is 0 Å². The zero-order valence-electron chi connectivity index (χ0n) is 4.75. The van der Waals surface area contributed by atoms with Crippen LogP contribution in [0, 0.1) is 5.21 Å². The molecule has 56 valence electrons. The Kier molecular flexibility index (Phi) is 3.79. The van der Waals surface area contributed by atoms with E-state index in [1.165, 1.54) is 18.5 Å². The molecule has 0 aromatic carbocycles. The van der Waals surface area contributed by atoms with E-state index in [1.807, 2.05) is 0 Å². The van der Waals surface area contributed by atoms with Crippen LogP contribution in [-0.2, 0) is 0 Å². The van der Waals surface area contributed by atoms with E-state index in [0.717, 1.165) is 0 Å². The highest BCUT2D eigenvalue weighted by atomic mass is 35.5. The normalized spacial score (nSPS) is 8.60. The molecule has 0 aliphatic heterocycles. The van der Waals surface area contributed by atoms with E-state index >= 15 is 0 Å². The Morgan fingerprint density at radius 1 is 1.20 bits per heavy atom. The van der Waals surface area contributed by atoms with Crippen LogP contribution in [0.3, 0.4) is 0 Å². The van der Waals surface area contributed by atoms with Gasteiger partial charge in [0.1, 0.15) is 10.0 Å². The minimum atomic E-state index is 0. The predicted molar refractivity (Wildman–Crippen MR) is 42.7 cm³/mol. The Bertz CT molecular complexity index is 178. The van der Waals surface area contributed by atoms with Gasteiger partial charge in [0.05, 0.1) is 0 Å². The summed E-state index contributed by atoms with van der Waals surface area (Å²) in [4.78, 5) is 0. The molecule has 1 aromatic heterocycles. The van der Waals surface area contributed by atoms with E-state index in [1.54, 1.807) is 0 Å². The fourth-order valence-electron chi connectivity index (χ4n) is 0.487. The van der Waals surface area contributed by atoms with Crippen LogP contribution >= 0.6 is 35.6 Å². The fraction of sp³-hybridized carbons (Fsp3) is 0. The number of halogens is 3. The van der Waals surface area contributed by atoms with Crippen molar-refractivity contribution < 1.29 is 4.73 Å². The predicted octanol–water partition coefficient (Wildman–Crippen LogP) is 2.05. The average molecular weight is 200 g/mol. The number of rotatable bonds is 0. The van der Waals surface area contributed by atoms with E-state index in [9.17, 15) is 5.21 Å². The van der Waals surface area contributed by atoms with Crippen molar-refractivity contribution in [3.05, 3.63) is 33.7 Å². The van der Waals surface area contributed by atoms with Gasteiger partial charge in [-0.2, -0.15) is 4.73 Å². The lowest BCUT2D eigenvalue weighted by Crippen LogP contribution is -2.23. The summed E-state index contributed by atoms with van der Waals surface area (Å²) < 4.78 is 0.560. The molecule has 0 bridgehead atoms. The first-order valence-corrected chi connectivity index (χ1v) is 2.99. The monoisotopic (exact) mass is 199 g/mol. The van der Waals surface area contributed by atoms with Crippen LogP contribution in [0.5, 0.6) is 0 Å². The summed E-state index contributed by atoms with van der Waals surface area (Å²) in [6, 6.07) is 1.50. The lowest BCUT2D eigenvalue weighted by atomic mass is 10.5. The molecule has 0 fully saturated rings. The number of hydrogen-bond acceptors (Lipinski definition) is 1. The zero-order chi connectivity index (χ0) is 6.85. The summed E-state index contributed by atoms with van der Waals surface area (Å²) in [5.74, 6) is 0. The van der Waals surface area contributed by atoms with Gasteiger partial charge in [-0.25, -0.2) is 0 Å². The van der Waals surface area contributed by atoms with Crippen LogP contribution in [0.4, 0.5) is 0 Å². The molecule has 2 nitrogen and oxygen atoms in total. The maximum atomic E-state index is 10.5. The summed E-state index contributed by atoms with van der Waals surface area (Å²) in [6.45, 7) is 0. The van der Waals surface area contributed by atoms with Gasteiger partial charge in [-0.15, -0.1) is 12.4 Å². The lowest BCUT2D eigenvalue weighted by molar-refractivity contribution is -0.605. The molecule has 0 aliphatic carbocycles. The van der Waals surface area contributed by atoms with Gasteiger partial charge < -0.3 is 5.21 Å². The number of hydrogen-bond donors (Lipinski definition) is 0. The van der Waals surface area contributed by atoms with Gasteiger partial charge in [0.25, 0.3) is 0 Å². The molecule has 0 atom stereocenters. The SMILES string of the molecule is Cl.[O-][n+]1cc(Cl)cc(Cl)c1. The second-order valence-electron chi connectivity index (χ2n) is 1.53. The van der Waals surface area contributed by atoms with E-state index in [0.29, 0.717) is 14.8 Å². The quantitative estimate of drug-likeness (QED) is 0.465. The number of pyridine rings is 1. The molecule has 0 amide bonds. The Morgan fingerprint density at radius 3 is 1.90 bits per heavy atom. The van der Waals surface area contributed by atoms with Gasteiger partial charge in [0.15, 0.2) is 12.4 Å². The molecule has 0 N–H and O–H groups in total. The second kappa shape index (κ2) is 3.86.